The number of aliphatic hydroxyl groups is 1. The Hall–Kier alpha value is -2.19. The van der Waals surface area contributed by atoms with Gasteiger partial charge in [0, 0.05) is 31.1 Å². The van der Waals surface area contributed by atoms with Crippen LogP contribution in [-0.4, -0.2) is 41.0 Å². The third-order valence-corrected chi connectivity index (χ3v) is 4.75. The van der Waals surface area contributed by atoms with Crippen LogP contribution in [0, 0.1) is 0 Å². The number of aromatic nitrogens is 6. The first-order valence-corrected chi connectivity index (χ1v) is 7.72. The van der Waals surface area contributed by atoms with E-state index in [-0.39, 0.29) is 29.5 Å². The lowest BCUT2D eigenvalue weighted by molar-refractivity contribution is 0.255. The molecule has 0 fully saturated rings. The van der Waals surface area contributed by atoms with Crippen LogP contribution in [0.4, 0.5) is 5.95 Å². The zero-order valence-corrected chi connectivity index (χ0v) is 13.3. The predicted molar refractivity (Wildman–Crippen MR) is 85.1 cm³/mol. The predicted octanol–water partition coefficient (Wildman–Crippen LogP) is 1.06. The fourth-order valence-electron chi connectivity index (χ4n) is 3.49. The molecule has 1 aliphatic carbocycles. The number of anilines is 1. The van der Waals surface area contributed by atoms with Crippen LogP contribution in [0.25, 0.3) is 11.2 Å². The van der Waals surface area contributed by atoms with E-state index >= 15 is 0 Å². The average molecular weight is 334 g/mol. The number of aliphatic hydroxyl groups excluding tert-OH is 1. The number of hydrogen-bond acceptors (Lipinski definition) is 6. The lowest BCUT2D eigenvalue weighted by Gasteiger charge is -2.12. The second-order valence-corrected chi connectivity index (χ2v) is 6.22. The van der Waals surface area contributed by atoms with Gasteiger partial charge in [0.1, 0.15) is 5.52 Å². The largest absolute Gasteiger partial charge is 0.396 e. The molecule has 4 rings (SSSR count). The first-order valence-electron chi connectivity index (χ1n) is 7.35. The highest BCUT2D eigenvalue weighted by atomic mass is 35.5. The number of nitrogens with zero attached hydrogens (tertiary/aromatic N) is 6. The lowest BCUT2D eigenvalue weighted by atomic mass is 10.0. The molecule has 0 saturated heterocycles. The average Bonchev–Trinajstić information content (AvgIpc) is 3.17. The zero-order valence-electron chi connectivity index (χ0n) is 12.5. The van der Waals surface area contributed by atoms with Crippen molar-refractivity contribution in [3.05, 3.63) is 28.9 Å². The number of nitrogen functional groups attached to an aromatic ring is 1. The summed E-state index contributed by atoms with van der Waals surface area (Å²) >= 11 is 6.07. The first kappa shape index (κ1) is 14.4. The summed E-state index contributed by atoms with van der Waals surface area (Å²) in [7, 11) is 1.91. The minimum absolute atomic E-state index is 0.112. The van der Waals surface area contributed by atoms with Crippen molar-refractivity contribution in [3.8, 4) is 0 Å². The van der Waals surface area contributed by atoms with Gasteiger partial charge in [-0.15, -0.1) is 0 Å². The van der Waals surface area contributed by atoms with Crippen LogP contribution in [0.1, 0.15) is 29.5 Å². The Balaban J connectivity index is 1.72. The quantitative estimate of drug-likeness (QED) is 0.694. The Labute approximate surface area is 136 Å². The van der Waals surface area contributed by atoms with Crippen molar-refractivity contribution in [2.24, 2.45) is 7.05 Å². The van der Waals surface area contributed by atoms with E-state index in [4.69, 9.17) is 17.3 Å². The summed E-state index contributed by atoms with van der Waals surface area (Å²) in [4.78, 5) is 12.5. The third kappa shape index (κ3) is 2.17. The smallest absolute Gasteiger partial charge is 0.223 e. The van der Waals surface area contributed by atoms with E-state index in [1.165, 1.54) is 5.56 Å². The standard InChI is InChI=1S/C14H16ClN7O/c1-21-11-8(5-23)2-7(9(11)3-18-21)4-22-6-17-10-12(15)19-14(16)20-13(10)22/h3,6-8,23H,2,4-5H2,1H3,(H2,16,19,20)/t7-,8+/m0/s1. The van der Waals surface area contributed by atoms with Gasteiger partial charge >= 0.3 is 0 Å². The molecule has 120 valence electrons. The van der Waals surface area contributed by atoms with Gasteiger partial charge in [0.2, 0.25) is 5.95 Å². The van der Waals surface area contributed by atoms with Gasteiger partial charge in [-0.25, -0.2) is 4.98 Å². The molecule has 0 aliphatic heterocycles. The molecule has 3 aromatic rings. The lowest BCUT2D eigenvalue weighted by Crippen LogP contribution is -2.09. The van der Waals surface area contributed by atoms with Crippen molar-refractivity contribution in [2.75, 3.05) is 12.3 Å². The normalized spacial score (nSPS) is 20.3. The summed E-state index contributed by atoms with van der Waals surface area (Å²) in [5.41, 5.74) is 9.13. The number of nitrogens with two attached hydrogens (primary N) is 1. The summed E-state index contributed by atoms with van der Waals surface area (Å²) in [5.74, 6) is 0.481. The fourth-order valence-corrected chi connectivity index (χ4v) is 3.71. The maximum Gasteiger partial charge on any atom is 0.223 e. The van der Waals surface area contributed by atoms with Crippen LogP contribution in [-0.2, 0) is 13.6 Å². The van der Waals surface area contributed by atoms with Gasteiger partial charge in [0.25, 0.3) is 0 Å². The molecule has 0 amide bonds. The minimum Gasteiger partial charge on any atom is -0.396 e. The van der Waals surface area contributed by atoms with Gasteiger partial charge < -0.3 is 15.4 Å². The Bertz CT molecular complexity index is 887. The maximum absolute atomic E-state index is 9.63. The number of halogens is 1. The minimum atomic E-state index is 0.112. The molecular formula is C14H16ClN7O. The zero-order chi connectivity index (χ0) is 16.1. The Morgan fingerprint density at radius 3 is 3.00 bits per heavy atom. The van der Waals surface area contributed by atoms with E-state index in [9.17, 15) is 5.11 Å². The Morgan fingerprint density at radius 2 is 2.22 bits per heavy atom. The monoisotopic (exact) mass is 333 g/mol. The topological polar surface area (TPSA) is 108 Å². The van der Waals surface area contributed by atoms with Crippen molar-refractivity contribution >= 4 is 28.7 Å². The van der Waals surface area contributed by atoms with E-state index in [0.29, 0.717) is 17.7 Å². The molecule has 1 aliphatic rings. The number of aryl methyl sites for hydroxylation is 1. The summed E-state index contributed by atoms with van der Waals surface area (Å²) < 4.78 is 3.78. The second-order valence-electron chi connectivity index (χ2n) is 5.86. The molecular weight excluding hydrogens is 318 g/mol. The van der Waals surface area contributed by atoms with Gasteiger partial charge in [-0.1, -0.05) is 11.6 Å². The fraction of sp³-hybridized carbons (Fsp3) is 0.429. The highest BCUT2D eigenvalue weighted by Crippen LogP contribution is 2.42. The highest BCUT2D eigenvalue weighted by molar-refractivity contribution is 6.33. The highest BCUT2D eigenvalue weighted by Gasteiger charge is 2.34. The molecule has 0 aromatic carbocycles. The first-order chi connectivity index (χ1) is 11.1. The van der Waals surface area contributed by atoms with Crippen molar-refractivity contribution < 1.29 is 5.11 Å². The molecule has 0 radical (unpaired) electrons. The molecule has 3 aromatic heterocycles. The van der Waals surface area contributed by atoms with Crippen LogP contribution in [0.2, 0.25) is 5.15 Å². The van der Waals surface area contributed by atoms with Crippen LogP contribution in [0.15, 0.2) is 12.5 Å². The molecule has 0 spiro atoms. The summed E-state index contributed by atoms with van der Waals surface area (Å²) in [6.45, 7) is 0.799. The van der Waals surface area contributed by atoms with Gasteiger partial charge in [-0.2, -0.15) is 15.1 Å². The van der Waals surface area contributed by atoms with E-state index < -0.39 is 0 Å². The van der Waals surface area contributed by atoms with Gasteiger partial charge in [0.05, 0.1) is 19.1 Å². The maximum atomic E-state index is 9.63. The van der Waals surface area contributed by atoms with E-state index in [1.54, 1.807) is 6.33 Å². The molecule has 0 bridgehead atoms. The second kappa shape index (κ2) is 5.17. The summed E-state index contributed by atoms with van der Waals surface area (Å²) in [6, 6.07) is 0. The SMILES string of the molecule is Cn1ncc2c1[C@@H](CO)C[C@H]2Cn1cnc2c(Cl)nc(N)nc21. The number of imidazole rings is 1. The van der Waals surface area contributed by atoms with Crippen molar-refractivity contribution in [2.45, 2.75) is 24.8 Å². The molecule has 9 heteroatoms. The van der Waals surface area contributed by atoms with Crippen LogP contribution in [0.3, 0.4) is 0 Å². The van der Waals surface area contributed by atoms with E-state index in [0.717, 1.165) is 12.1 Å². The van der Waals surface area contributed by atoms with Crippen LogP contribution >= 0.6 is 11.6 Å². The third-order valence-electron chi connectivity index (χ3n) is 4.49. The summed E-state index contributed by atoms with van der Waals surface area (Å²) in [6.07, 6.45) is 4.45. The molecule has 0 unspecified atom stereocenters. The molecule has 8 nitrogen and oxygen atoms in total. The van der Waals surface area contributed by atoms with E-state index in [2.05, 4.69) is 20.1 Å². The molecule has 23 heavy (non-hydrogen) atoms. The van der Waals surface area contributed by atoms with Crippen LogP contribution < -0.4 is 5.73 Å². The van der Waals surface area contributed by atoms with Crippen molar-refractivity contribution in [1.82, 2.24) is 29.3 Å². The molecule has 3 heterocycles. The van der Waals surface area contributed by atoms with Gasteiger partial charge in [-0.3, -0.25) is 4.68 Å². The molecule has 0 saturated carbocycles. The van der Waals surface area contributed by atoms with Crippen LogP contribution in [0.5, 0.6) is 0 Å². The number of hydrogen-bond donors (Lipinski definition) is 2. The summed E-state index contributed by atoms with van der Waals surface area (Å²) in [5, 5.41) is 14.2. The Morgan fingerprint density at radius 1 is 1.39 bits per heavy atom. The molecule has 2 atom stereocenters. The van der Waals surface area contributed by atoms with Crippen molar-refractivity contribution in [3.63, 3.8) is 0 Å². The van der Waals surface area contributed by atoms with Gasteiger partial charge in [0.15, 0.2) is 10.8 Å². The van der Waals surface area contributed by atoms with Gasteiger partial charge in [-0.05, 0) is 12.0 Å². The molecule has 3 N–H and O–H groups in total. The Kier molecular flexibility index (Phi) is 3.24. The number of rotatable bonds is 3. The number of fused-ring (bicyclic) bond motifs is 2. The van der Waals surface area contributed by atoms with Crippen molar-refractivity contribution in [1.29, 1.82) is 0 Å². The van der Waals surface area contributed by atoms with E-state index in [1.807, 2.05) is 22.5 Å².